The van der Waals surface area contributed by atoms with Gasteiger partial charge in [-0.3, -0.25) is 0 Å². The molecule has 0 aliphatic rings. The topological polar surface area (TPSA) is 47.3 Å². The van der Waals surface area contributed by atoms with Gasteiger partial charge in [-0.2, -0.15) is 8.78 Å². The molecule has 0 spiro atoms. The second-order valence-corrected chi connectivity index (χ2v) is 3.65. The monoisotopic (exact) mass is 250 g/mol. The lowest BCUT2D eigenvalue weighted by atomic mass is 10.2. The zero-order valence-electron chi connectivity index (χ0n) is 9.44. The van der Waals surface area contributed by atoms with Gasteiger partial charge in [0.15, 0.2) is 0 Å². The van der Waals surface area contributed by atoms with Crippen LogP contribution in [0.5, 0.6) is 5.75 Å². The van der Waals surface area contributed by atoms with E-state index in [1.54, 1.807) is 24.3 Å². The molecule has 0 unspecified atom stereocenters. The predicted molar refractivity (Wildman–Crippen MR) is 67.2 cm³/mol. The van der Waals surface area contributed by atoms with Gasteiger partial charge < -0.3 is 15.8 Å². The summed E-state index contributed by atoms with van der Waals surface area (Å²) in [5, 5.41) is 3.10. The van der Waals surface area contributed by atoms with E-state index in [2.05, 4.69) is 10.1 Å². The average molecular weight is 250 g/mol. The van der Waals surface area contributed by atoms with Crippen molar-refractivity contribution >= 4 is 17.1 Å². The Balaban J connectivity index is 2.06. The van der Waals surface area contributed by atoms with Gasteiger partial charge in [0.05, 0.1) is 0 Å². The van der Waals surface area contributed by atoms with Gasteiger partial charge in [0.25, 0.3) is 0 Å². The zero-order chi connectivity index (χ0) is 13.0. The number of rotatable bonds is 4. The summed E-state index contributed by atoms with van der Waals surface area (Å²) in [6.45, 7) is -2.81. The number of hydrogen-bond donors (Lipinski definition) is 2. The number of halogens is 2. The highest BCUT2D eigenvalue weighted by Gasteiger charge is 2.03. The summed E-state index contributed by atoms with van der Waals surface area (Å²) < 4.78 is 28.2. The minimum Gasteiger partial charge on any atom is -0.435 e. The van der Waals surface area contributed by atoms with Gasteiger partial charge in [-0.1, -0.05) is 6.07 Å². The van der Waals surface area contributed by atoms with Crippen LogP contribution in [0.4, 0.5) is 25.8 Å². The van der Waals surface area contributed by atoms with E-state index in [4.69, 9.17) is 5.73 Å². The van der Waals surface area contributed by atoms with Crippen molar-refractivity contribution in [2.24, 2.45) is 0 Å². The van der Waals surface area contributed by atoms with Crippen LogP contribution in [0, 0.1) is 0 Å². The average Bonchev–Trinajstić information content (AvgIpc) is 2.31. The molecule has 0 heterocycles. The highest BCUT2D eigenvalue weighted by atomic mass is 19.3. The molecule has 0 aliphatic carbocycles. The van der Waals surface area contributed by atoms with E-state index in [9.17, 15) is 8.78 Å². The first-order chi connectivity index (χ1) is 8.63. The van der Waals surface area contributed by atoms with E-state index < -0.39 is 6.61 Å². The number of benzene rings is 2. The van der Waals surface area contributed by atoms with Gasteiger partial charge in [0.1, 0.15) is 5.75 Å². The Labute approximate surface area is 103 Å². The molecule has 0 bridgehead atoms. The molecule has 2 aromatic carbocycles. The highest BCUT2D eigenvalue weighted by Crippen LogP contribution is 2.22. The Morgan fingerprint density at radius 3 is 2.33 bits per heavy atom. The lowest BCUT2D eigenvalue weighted by molar-refractivity contribution is -0.0498. The van der Waals surface area contributed by atoms with Crippen LogP contribution in [0.1, 0.15) is 0 Å². The maximum atomic E-state index is 12.0. The van der Waals surface area contributed by atoms with E-state index in [0.29, 0.717) is 5.69 Å². The van der Waals surface area contributed by atoms with Crippen molar-refractivity contribution in [3.63, 3.8) is 0 Å². The van der Waals surface area contributed by atoms with Gasteiger partial charge in [0.2, 0.25) is 0 Å². The molecule has 0 radical (unpaired) electrons. The van der Waals surface area contributed by atoms with Crippen LogP contribution in [-0.4, -0.2) is 6.61 Å². The van der Waals surface area contributed by atoms with E-state index in [1.165, 1.54) is 12.1 Å². The Bertz CT molecular complexity index is 515. The second-order valence-electron chi connectivity index (χ2n) is 3.65. The number of nitrogen functional groups attached to an aromatic ring is 1. The predicted octanol–water partition coefficient (Wildman–Crippen LogP) is 3.61. The number of ether oxygens (including phenoxy) is 1. The van der Waals surface area contributed by atoms with Crippen molar-refractivity contribution < 1.29 is 13.5 Å². The molecule has 5 heteroatoms. The lowest BCUT2D eigenvalue weighted by Gasteiger charge is -2.08. The van der Waals surface area contributed by atoms with Crippen molar-refractivity contribution in [1.82, 2.24) is 0 Å². The minimum absolute atomic E-state index is 0.128. The third kappa shape index (κ3) is 3.35. The van der Waals surface area contributed by atoms with Crippen LogP contribution < -0.4 is 15.8 Å². The van der Waals surface area contributed by atoms with E-state index in [1.807, 2.05) is 12.1 Å². The SMILES string of the molecule is Nc1cccc(Nc2ccc(OC(F)F)cc2)c1. The Morgan fingerprint density at radius 2 is 1.72 bits per heavy atom. The standard InChI is InChI=1S/C13H12F2N2O/c14-13(15)18-12-6-4-10(5-7-12)17-11-3-1-2-9(16)8-11/h1-8,13,17H,16H2. The summed E-state index contributed by atoms with van der Waals surface area (Å²) in [6.07, 6.45) is 0. The first-order valence-corrected chi connectivity index (χ1v) is 5.31. The fraction of sp³-hybridized carbons (Fsp3) is 0.0769. The van der Waals surface area contributed by atoms with Gasteiger partial charge in [0, 0.05) is 17.1 Å². The molecule has 94 valence electrons. The first kappa shape index (κ1) is 12.2. The molecule has 0 atom stereocenters. The normalized spacial score (nSPS) is 10.4. The largest absolute Gasteiger partial charge is 0.435 e. The molecule has 0 saturated heterocycles. The maximum Gasteiger partial charge on any atom is 0.387 e. The van der Waals surface area contributed by atoms with Crippen LogP contribution in [0.15, 0.2) is 48.5 Å². The summed E-state index contributed by atoms with van der Waals surface area (Å²) in [5.74, 6) is 0.128. The summed E-state index contributed by atoms with van der Waals surface area (Å²) in [5.41, 5.74) is 7.90. The number of nitrogens with two attached hydrogens (primary N) is 1. The molecule has 0 aromatic heterocycles. The quantitative estimate of drug-likeness (QED) is 0.815. The van der Waals surface area contributed by atoms with Crippen LogP contribution >= 0.6 is 0 Å². The fourth-order valence-electron chi connectivity index (χ4n) is 1.50. The maximum absolute atomic E-state index is 12.0. The van der Waals surface area contributed by atoms with Crippen LogP contribution in [-0.2, 0) is 0 Å². The van der Waals surface area contributed by atoms with Crippen molar-refractivity contribution in [3.05, 3.63) is 48.5 Å². The summed E-state index contributed by atoms with van der Waals surface area (Å²) in [4.78, 5) is 0. The molecule has 3 N–H and O–H groups in total. The first-order valence-electron chi connectivity index (χ1n) is 5.31. The van der Waals surface area contributed by atoms with Crippen molar-refractivity contribution in [3.8, 4) is 5.75 Å². The van der Waals surface area contributed by atoms with E-state index in [0.717, 1.165) is 11.4 Å². The van der Waals surface area contributed by atoms with Crippen LogP contribution in [0.3, 0.4) is 0 Å². The molecule has 0 aliphatic heterocycles. The number of alkyl halides is 2. The zero-order valence-corrected chi connectivity index (χ0v) is 9.44. The van der Waals surface area contributed by atoms with Crippen LogP contribution in [0.25, 0.3) is 0 Å². The molecule has 2 aromatic rings. The Kier molecular flexibility index (Phi) is 3.62. The summed E-state index contributed by atoms with van der Waals surface area (Å²) in [7, 11) is 0. The third-order valence-corrected chi connectivity index (χ3v) is 2.25. The number of anilines is 3. The molecule has 0 amide bonds. The molecule has 18 heavy (non-hydrogen) atoms. The smallest absolute Gasteiger partial charge is 0.387 e. The molecular formula is C13H12F2N2O. The Hall–Kier alpha value is -2.30. The Morgan fingerprint density at radius 1 is 1.00 bits per heavy atom. The molecule has 3 nitrogen and oxygen atoms in total. The number of hydrogen-bond acceptors (Lipinski definition) is 3. The van der Waals surface area contributed by atoms with Gasteiger partial charge in [-0.05, 0) is 42.5 Å². The highest BCUT2D eigenvalue weighted by molar-refractivity contribution is 5.63. The molecule has 0 fully saturated rings. The summed E-state index contributed by atoms with van der Waals surface area (Å²) >= 11 is 0. The van der Waals surface area contributed by atoms with Crippen molar-refractivity contribution in [2.75, 3.05) is 11.1 Å². The lowest BCUT2D eigenvalue weighted by Crippen LogP contribution is -2.01. The molecule has 0 saturated carbocycles. The molecular weight excluding hydrogens is 238 g/mol. The van der Waals surface area contributed by atoms with Gasteiger partial charge >= 0.3 is 6.61 Å². The van der Waals surface area contributed by atoms with Crippen LogP contribution in [0.2, 0.25) is 0 Å². The number of nitrogens with one attached hydrogen (secondary N) is 1. The minimum atomic E-state index is -2.81. The van der Waals surface area contributed by atoms with Crippen molar-refractivity contribution in [2.45, 2.75) is 6.61 Å². The second kappa shape index (κ2) is 5.35. The fourth-order valence-corrected chi connectivity index (χ4v) is 1.50. The summed E-state index contributed by atoms with van der Waals surface area (Å²) in [6, 6.07) is 13.5. The third-order valence-electron chi connectivity index (χ3n) is 2.25. The van der Waals surface area contributed by atoms with Crippen molar-refractivity contribution in [1.29, 1.82) is 0 Å². The van der Waals surface area contributed by atoms with E-state index in [-0.39, 0.29) is 5.75 Å². The van der Waals surface area contributed by atoms with Gasteiger partial charge in [-0.15, -0.1) is 0 Å². The van der Waals surface area contributed by atoms with Gasteiger partial charge in [-0.25, -0.2) is 0 Å². The van der Waals surface area contributed by atoms with E-state index >= 15 is 0 Å². The molecule has 2 rings (SSSR count).